The molecule has 1 atom stereocenters. The van der Waals surface area contributed by atoms with Crippen LogP contribution >= 0.6 is 11.6 Å². The summed E-state index contributed by atoms with van der Waals surface area (Å²) >= 11 is 5.64. The number of halogens is 1. The van der Waals surface area contributed by atoms with Crippen LogP contribution in [0, 0.1) is 0 Å². The van der Waals surface area contributed by atoms with E-state index in [4.69, 9.17) is 16.7 Å². The zero-order valence-corrected chi connectivity index (χ0v) is 6.84. The summed E-state index contributed by atoms with van der Waals surface area (Å²) in [4.78, 5) is 0. The van der Waals surface area contributed by atoms with E-state index in [9.17, 15) is 5.11 Å². The number of benzene rings is 1. The number of phenols is 1. The van der Waals surface area contributed by atoms with E-state index >= 15 is 0 Å². The second-order valence-corrected chi connectivity index (χ2v) is 2.82. The Morgan fingerprint density at radius 1 is 1.45 bits per heavy atom. The third-order valence-corrected chi connectivity index (χ3v) is 1.67. The van der Waals surface area contributed by atoms with Crippen molar-refractivity contribution in [3.63, 3.8) is 0 Å². The number of aromatic hydroxyl groups is 1. The normalized spacial score (nSPS) is 13.0. The lowest BCUT2D eigenvalue weighted by Gasteiger charge is -2.06. The van der Waals surface area contributed by atoms with E-state index in [0.717, 1.165) is 0 Å². The summed E-state index contributed by atoms with van der Waals surface area (Å²) in [6.07, 6.45) is -0.686. The molecule has 0 aliphatic carbocycles. The van der Waals surface area contributed by atoms with Crippen molar-refractivity contribution in [1.29, 1.82) is 0 Å². The average Bonchev–Trinajstić information content (AvgIpc) is 1.94. The van der Waals surface area contributed by atoms with E-state index in [1.807, 2.05) is 0 Å². The quantitative estimate of drug-likeness (QED) is 0.681. The molecule has 0 spiro atoms. The van der Waals surface area contributed by atoms with Crippen LogP contribution < -0.4 is 0 Å². The number of hydrogen-bond donors (Lipinski definition) is 2. The molecule has 1 aromatic carbocycles. The Balaban J connectivity index is 3.13. The minimum atomic E-state index is -0.686. The first-order chi connectivity index (χ1) is 5.11. The van der Waals surface area contributed by atoms with Gasteiger partial charge in [-0.1, -0.05) is 11.6 Å². The Kier molecular flexibility index (Phi) is 2.37. The van der Waals surface area contributed by atoms with Crippen LogP contribution in [0.15, 0.2) is 18.2 Å². The molecule has 1 rings (SSSR count). The number of hydrogen-bond acceptors (Lipinski definition) is 2. The van der Waals surface area contributed by atoms with Crippen molar-refractivity contribution < 1.29 is 10.2 Å². The molecule has 60 valence electrons. The third kappa shape index (κ3) is 1.85. The molecular formula is C8H9ClO2. The van der Waals surface area contributed by atoms with E-state index in [-0.39, 0.29) is 5.75 Å². The second kappa shape index (κ2) is 3.11. The molecule has 11 heavy (non-hydrogen) atoms. The maximum atomic E-state index is 9.19. The summed E-state index contributed by atoms with van der Waals surface area (Å²) in [5, 5.41) is 18.8. The Morgan fingerprint density at radius 2 is 2.09 bits per heavy atom. The SMILES string of the molecule is C[C@@H](O)c1cc(Cl)ccc1O. The Bertz CT molecular complexity index is 258. The molecule has 0 saturated carbocycles. The van der Waals surface area contributed by atoms with Gasteiger partial charge in [0, 0.05) is 10.6 Å². The molecule has 0 aliphatic heterocycles. The lowest BCUT2D eigenvalue weighted by Crippen LogP contribution is -1.90. The average molecular weight is 173 g/mol. The van der Waals surface area contributed by atoms with E-state index < -0.39 is 6.10 Å². The van der Waals surface area contributed by atoms with Gasteiger partial charge in [-0.3, -0.25) is 0 Å². The standard InChI is InChI=1S/C8H9ClO2/c1-5(10)7-4-6(9)2-3-8(7)11/h2-5,10-11H,1H3/t5-/m1/s1. The summed E-state index contributed by atoms with van der Waals surface area (Å²) in [7, 11) is 0. The van der Waals surface area contributed by atoms with Gasteiger partial charge in [0.2, 0.25) is 0 Å². The molecular weight excluding hydrogens is 164 g/mol. The smallest absolute Gasteiger partial charge is 0.121 e. The second-order valence-electron chi connectivity index (χ2n) is 2.38. The topological polar surface area (TPSA) is 40.5 Å². The summed E-state index contributed by atoms with van der Waals surface area (Å²) in [6, 6.07) is 4.58. The molecule has 0 bridgehead atoms. The molecule has 2 nitrogen and oxygen atoms in total. The van der Waals surface area contributed by atoms with Crippen LogP contribution in [0.25, 0.3) is 0 Å². The first-order valence-electron chi connectivity index (χ1n) is 3.27. The van der Waals surface area contributed by atoms with Crippen molar-refractivity contribution in [3.05, 3.63) is 28.8 Å². The highest BCUT2D eigenvalue weighted by atomic mass is 35.5. The van der Waals surface area contributed by atoms with Gasteiger partial charge in [0.25, 0.3) is 0 Å². The zero-order chi connectivity index (χ0) is 8.43. The van der Waals surface area contributed by atoms with Crippen molar-refractivity contribution in [1.82, 2.24) is 0 Å². The van der Waals surface area contributed by atoms with Gasteiger partial charge >= 0.3 is 0 Å². The lowest BCUT2D eigenvalue weighted by molar-refractivity contribution is 0.195. The van der Waals surface area contributed by atoms with Crippen molar-refractivity contribution in [2.45, 2.75) is 13.0 Å². The molecule has 0 unspecified atom stereocenters. The zero-order valence-electron chi connectivity index (χ0n) is 6.08. The third-order valence-electron chi connectivity index (χ3n) is 1.44. The van der Waals surface area contributed by atoms with Gasteiger partial charge in [-0.25, -0.2) is 0 Å². The van der Waals surface area contributed by atoms with Crippen LogP contribution in [0.4, 0.5) is 0 Å². The monoisotopic (exact) mass is 172 g/mol. The van der Waals surface area contributed by atoms with E-state index in [2.05, 4.69) is 0 Å². The van der Waals surface area contributed by atoms with Crippen LogP contribution in [0.3, 0.4) is 0 Å². The first kappa shape index (κ1) is 8.37. The number of phenolic OH excluding ortho intramolecular Hbond substituents is 1. The van der Waals surface area contributed by atoms with Crippen molar-refractivity contribution >= 4 is 11.6 Å². The van der Waals surface area contributed by atoms with Crippen LogP contribution in [0.1, 0.15) is 18.6 Å². The summed E-state index contributed by atoms with van der Waals surface area (Å²) < 4.78 is 0. The Morgan fingerprint density at radius 3 is 2.55 bits per heavy atom. The number of aliphatic hydroxyl groups excluding tert-OH is 1. The maximum absolute atomic E-state index is 9.19. The molecule has 1 aromatic rings. The van der Waals surface area contributed by atoms with Gasteiger partial charge in [-0.05, 0) is 25.1 Å². The molecule has 0 heterocycles. The molecule has 0 radical (unpaired) electrons. The molecule has 0 fully saturated rings. The molecule has 3 heteroatoms. The summed E-state index contributed by atoms with van der Waals surface area (Å²) in [5.41, 5.74) is 0.456. The van der Waals surface area contributed by atoms with Gasteiger partial charge in [0.05, 0.1) is 6.10 Å². The molecule has 0 amide bonds. The lowest BCUT2D eigenvalue weighted by atomic mass is 10.1. The van der Waals surface area contributed by atoms with Gasteiger partial charge in [0.15, 0.2) is 0 Å². The highest BCUT2D eigenvalue weighted by Gasteiger charge is 2.06. The molecule has 0 saturated heterocycles. The fraction of sp³-hybridized carbons (Fsp3) is 0.250. The van der Waals surface area contributed by atoms with E-state index in [1.165, 1.54) is 6.07 Å². The van der Waals surface area contributed by atoms with Crippen molar-refractivity contribution in [2.24, 2.45) is 0 Å². The first-order valence-corrected chi connectivity index (χ1v) is 3.65. The van der Waals surface area contributed by atoms with Gasteiger partial charge < -0.3 is 10.2 Å². The van der Waals surface area contributed by atoms with E-state index in [1.54, 1.807) is 19.1 Å². The molecule has 0 aliphatic rings. The van der Waals surface area contributed by atoms with Crippen molar-refractivity contribution in [3.8, 4) is 5.75 Å². The van der Waals surface area contributed by atoms with Gasteiger partial charge in [-0.2, -0.15) is 0 Å². The fourth-order valence-electron chi connectivity index (χ4n) is 0.860. The van der Waals surface area contributed by atoms with Gasteiger partial charge in [0.1, 0.15) is 5.75 Å². The number of rotatable bonds is 1. The minimum Gasteiger partial charge on any atom is -0.508 e. The summed E-state index contributed by atoms with van der Waals surface area (Å²) in [5.74, 6) is 0.0735. The van der Waals surface area contributed by atoms with Crippen LogP contribution in [-0.4, -0.2) is 10.2 Å². The van der Waals surface area contributed by atoms with Crippen molar-refractivity contribution in [2.75, 3.05) is 0 Å². The molecule has 2 N–H and O–H groups in total. The predicted octanol–water partition coefficient (Wildman–Crippen LogP) is 2.10. The highest BCUT2D eigenvalue weighted by molar-refractivity contribution is 6.30. The predicted molar refractivity (Wildman–Crippen MR) is 43.8 cm³/mol. The molecule has 0 aromatic heterocycles. The van der Waals surface area contributed by atoms with Crippen LogP contribution in [0.2, 0.25) is 5.02 Å². The van der Waals surface area contributed by atoms with Crippen LogP contribution in [0.5, 0.6) is 5.75 Å². The largest absolute Gasteiger partial charge is 0.508 e. The number of aliphatic hydroxyl groups is 1. The van der Waals surface area contributed by atoms with E-state index in [0.29, 0.717) is 10.6 Å². The summed E-state index contributed by atoms with van der Waals surface area (Å²) in [6.45, 7) is 1.57. The van der Waals surface area contributed by atoms with Gasteiger partial charge in [-0.15, -0.1) is 0 Å². The Hall–Kier alpha value is -0.730. The Labute approximate surface area is 70.1 Å². The maximum Gasteiger partial charge on any atom is 0.121 e. The highest BCUT2D eigenvalue weighted by Crippen LogP contribution is 2.26. The van der Waals surface area contributed by atoms with Crippen LogP contribution in [-0.2, 0) is 0 Å². The minimum absolute atomic E-state index is 0.0735. The fourth-order valence-corrected chi connectivity index (χ4v) is 1.04.